The third kappa shape index (κ3) is 4.16. The molecule has 3 aromatic rings. The fourth-order valence-corrected chi connectivity index (χ4v) is 3.76. The number of aromatic nitrogens is 1. The number of imide groups is 1. The highest BCUT2D eigenvalue weighted by Gasteiger charge is 2.29. The summed E-state index contributed by atoms with van der Waals surface area (Å²) in [7, 11) is 0. The summed E-state index contributed by atoms with van der Waals surface area (Å²) in [5.41, 5.74) is 9.71. The zero-order chi connectivity index (χ0) is 22.0. The molecule has 1 atom stereocenters. The fraction of sp³-hybridized carbons (Fsp3) is 0.167. The number of nitrogens with one attached hydrogen (secondary N) is 1. The van der Waals surface area contributed by atoms with Crippen LogP contribution in [0.15, 0.2) is 54.6 Å². The maximum Gasteiger partial charge on any atom is 0.339 e. The van der Waals surface area contributed by atoms with E-state index in [1.54, 1.807) is 0 Å². The first kappa shape index (κ1) is 20.3. The highest BCUT2D eigenvalue weighted by atomic mass is 16.5. The van der Waals surface area contributed by atoms with E-state index in [0.717, 1.165) is 28.8 Å². The molecule has 0 unspecified atom stereocenters. The molecule has 31 heavy (non-hydrogen) atoms. The van der Waals surface area contributed by atoms with Crippen molar-refractivity contribution in [3.63, 3.8) is 0 Å². The van der Waals surface area contributed by atoms with Gasteiger partial charge < -0.3 is 10.5 Å². The van der Waals surface area contributed by atoms with Crippen molar-refractivity contribution in [2.75, 3.05) is 0 Å². The van der Waals surface area contributed by atoms with Gasteiger partial charge in [-0.3, -0.25) is 10.1 Å². The molecule has 7 nitrogen and oxygen atoms in total. The first-order valence-electron chi connectivity index (χ1n) is 9.93. The van der Waals surface area contributed by atoms with Gasteiger partial charge in [0.05, 0.1) is 16.8 Å². The van der Waals surface area contributed by atoms with Crippen molar-refractivity contribution in [3.05, 3.63) is 77.0 Å². The molecular formula is C24H21N3O4. The van der Waals surface area contributed by atoms with Gasteiger partial charge in [-0.15, -0.1) is 0 Å². The molecule has 7 heteroatoms. The predicted molar refractivity (Wildman–Crippen MR) is 117 cm³/mol. The number of urea groups is 1. The van der Waals surface area contributed by atoms with E-state index in [2.05, 4.69) is 6.08 Å². The van der Waals surface area contributed by atoms with Gasteiger partial charge >= 0.3 is 12.0 Å². The van der Waals surface area contributed by atoms with E-state index >= 15 is 0 Å². The Balaban J connectivity index is 1.76. The second-order valence-electron chi connectivity index (χ2n) is 7.31. The Labute approximate surface area is 178 Å². The number of carbonyl (C=O) groups excluding carboxylic acids is 3. The van der Waals surface area contributed by atoms with E-state index < -0.39 is 24.0 Å². The molecule has 3 N–H and O–H groups in total. The van der Waals surface area contributed by atoms with E-state index in [-0.39, 0.29) is 0 Å². The summed E-state index contributed by atoms with van der Waals surface area (Å²) in [6, 6.07) is 16.3. The predicted octanol–water partition coefficient (Wildman–Crippen LogP) is 3.46. The quantitative estimate of drug-likeness (QED) is 0.634. The summed E-state index contributed by atoms with van der Waals surface area (Å²) in [5.74, 6) is -1.41. The summed E-state index contributed by atoms with van der Waals surface area (Å²) in [5, 5.41) is 2.59. The Morgan fingerprint density at radius 1 is 1.06 bits per heavy atom. The third-order valence-corrected chi connectivity index (χ3v) is 5.19. The number of pyridine rings is 1. The van der Waals surface area contributed by atoms with Gasteiger partial charge in [0.15, 0.2) is 6.10 Å². The van der Waals surface area contributed by atoms with E-state index in [1.165, 1.54) is 6.92 Å². The molecule has 0 saturated carbocycles. The maximum absolute atomic E-state index is 13.1. The van der Waals surface area contributed by atoms with E-state index in [0.29, 0.717) is 22.9 Å². The van der Waals surface area contributed by atoms with Crippen LogP contribution in [0.4, 0.5) is 4.79 Å². The Hall–Kier alpha value is -4.00. The molecule has 0 aliphatic heterocycles. The van der Waals surface area contributed by atoms with Gasteiger partial charge in [0.1, 0.15) is 0 Å². The molecular weight excluding hydrogens is 394 g/mol. The van der Waals surface area contributed by atoms with Gasteiger partial charge in [0, 0.05) is 5.39 Å². The van der Waals surface area contributed by atoms with Crippen LogP contribution >= 0.6 is 0 Å². The molecule has 0 bridgehead atoms. The molecule has 0 saturated heterocycles. The lowest BCUT2D eigenvalue weighted by Gasteiger charge is -2.15. The van der Waals surface area contributed by atoms with Crippen LogP contribution in [-0.4, -0.2) is 29.0 Å². The van der Waals surface area contributed by atoms with Crippen LogP contribution in [0.1, 0.15) is 40.5 Å². The summed E-state index contributed by atoms with van der Waals surface area (Å²) >= 11 is 0. The monoisotopic (exact) mass is 415 g/mol. The van der Waals surface area contributed by atoms with Crippen molar-refractivity contribution in [1.82, 2.24) is 10.3 Å². The molecule has 0 radical (unpaired) electrons. The minimum Gasteiger partial charge on any atom is -0.449 e. The number of rotatable bonds is 4. The lowest BCUT2D eigenvalue weighted by atomic mass is 10.0. The molecule has 1 heterocycles. The second kappa shape index (κ2) is 8.39. The third-order valence-electron chi connectivity index (χ3n) is 5.19. The van der Waals surface area contributed by atoms with Gasteiger partial charge in [-0.25, -0.2) is 14.6 Å². The Bertz CT molecular complexity index is 1220. The lowest BCUT2D eigenvalue weighted by molar-refractivity contribution is -0.127. The van der Waals surface area contributed by atoms with Gasteiger partial charge in [-0.2, -0.15) is 0 Å². The summed E-state index contributed by atoms with van der Waals surface area (Å²) in [4.78, 5) is 40.8. The number of esters is 1. The van der Waals surface area contributed by atoms with E-state index in [9.17, 15) is 14.4 Å². The topological polar surface area (TPSA) is 111 Å². The van der Waals surface area contributed by atoms with Crippen LogP contribution in [-0.2, 0) is 16.0 Å². The first-order chi connectivity index (χ1) is 14.9. The van der Waals surface area contributed by atoms with Crippen LogP contribution in [0.3, 0.4) is 0 Å². The molecule has 0 spiro atoms. The first-order valence-corrected chi connectivity index (χ1v) is 9.93. The molecule has 1 aliphatic rings. The van der Waals surface area contributed by atoms with Gasteiger partial charge in [-0.1, -0.05) is 48.5 Å². The van der Waals surface area contributed by atoms with Crippen molar-refractivity contribution in [1.29, 1.82) is 0 Å². The van der Waals surface area contributed by atoms with Crippen LogP contribution in [0.25, 0.3) is 22.6 Å². The maximum atomic E-state index is 13.1. The minimum absolute atomic E-state index is 0.399. The second-order valence-corrected chi connectivity index (χ2v) is 7.31. The average Bonchev–Trinajstić information content (AvgIpc) is 3.14. The number of hydrogen-bond donors (Lipinski definition) is 2. The smallest absolute Gasteiger partial charge is 0.339 e. The number of amides is 3. The average molecular weight is 415 g/mol. The summed E-state index contributed by atoms with van der Waals surface area (Å²) in [6.07, 6.45) is 2.28. The Kier molecular flexibility index (Phi) is 5.49. The van der Waals surface area contributed by atoms with Crippen molar-refractivity contribution in [3.8, 4) is 0 Å². The summed E-state index contributed by atoms with van der Waals surface area (Å²) < 4.78 is 5.38. The highest BCUT2D eigenvalue weighted by Crippen LogP contribution is 2.37. The largest absolute Gasteiger partial charge is 0.449 e. The Morgan fingerprint density at radius 3 is 2.52 bits per heavy atom. The minimum atomic E-state index is -1.18. The lowest BCUT2D eigenvalue weighted by Crippen LogP contribution is -2.42. The van der Waals surface area contributed by atoms with Crippen LogP contribution in [0.5, 0.6) is 0 Å². The molecule has 3 amide bonds. The summed E-state index contributed by atoms with van der Waals surface area (Å²) in [6.45, 7) is 1.39. The zero-order valence-corrected chi connectivity index (χ0v) is 16.9. The number of allylic oxidation sites excluding steroid dienone is 1. The number of nitrogens with two attached hydrogens (primary N) is 1. The number of para-hydroxylation sites is 1. The van der Waals surface area contributed by atoms with E-state index in [4.69, 9.17) is 15.5 Å². The zero-order valence-electron chi connectivity index (χ0n) is 16.9. The number of hydrogen-bond acceptors (Lipinski definition) is 5. The van der Waals surface area contributed by atoms with Gasteiger partial charge in [0.25, 0.3) is 5.91 Å². The molecule has 156 valence electrons. The Morgan fingerprint density at radius 2 is 1.77 bits per heavy atom. The van der Waals surface area contributed by atoms with Crippen LogP contribution in [0.2, 0.25) is 0 Å². The molecule has 2 aromatic carbocycles. The van der Waals surface area contributed by atoms with Crippen LogP contribution < -0.4 is 11.1 Å². The fourth-order valence-electron chi connectivity index (χ4n) is 3.76. The molecule has 1 aliphatic carbocycles. The van der Waals surface area contributed by atoms with E-state index in [1.807, 2.05) is 59.9 Å². The number of benzene rings is 2. The number of ether oxygens (including phenoxy) is 1. The number of fused-ring (bicyclic) bond motifs is 2. The SMILES string of the molecule is C[C@@H](OC(=O)c1c2c(nc3ccccc13)/C(=C/c1ccccc1)CC2)C(=O)NC(N)=O. The van der Waals surface area contributed by atoms with Crippen molar-refractivity contribution in [2.24, 2.45) is 5.73 Å². The van der Waals surface area contributed by atoms with Gasteiger partial charge in [0.2, 0.25) is 0 Å². The van der Waals surface area contributed by atoms with Crippen LogP contribution in [0, 0.1) is 0 Å². The molecule has 4 rings (SSSR count). The highest BCUT2D eigenvalue weighted by molar-refractivity contribution is 6.08. The molecule has 0 fully saturated rings. The van der Waals surface area contributed by atoms with Crippen molar-refractivity contribution in [2.45, 2.75) is 25.9 Å². The van der Waals surface area contributed by atoms with Crippen molar-refractivity contribution >= 4 is 40.5 Å². The normalized spacial score (nSPS) is 14.8. The van der Waals surface area contributed by atoms with Gasteiger partial charge in [-0.05, 0) is 48.6 Å². The standard InChI is InChI=1S/C24H21N3O4/c1-14(22(28)27-24(25)30)31-23(29)20-17-9-5-6-10-19(17)26-21-16(11-12-18(20)21)13-15-7-3-2-4-8-15/h2-10,13-14H,11-12H2,1H3,(H3,25,27,28,30)/b16-13+/t14-/m1/s1. The number of carbonyl (C=O) groups is 3. The van der Waals surface area contributed by atoms with Crippen molar-refractivity contribution < 1.29 is 19.1 Å². The number of nitrogens with zero attached hydrogens (tertiary/aromatic N) is 1. The molecule has 1 aromatic heterocycles. The number of primary amides is 1.